The van der Waals surface area contributed by atoms with E-state index in [4.69, 9.17) is 23.2 Å². The van der Waals surface area contributed by atoms with Crippen LogP contribution in [-0.4, -0.2) is 16.7 Å². The topological polar surface area (TPSA) is 66.4 Å². The van der Waals surface area contributed by atoms with Crippen molar-refractivity contribution in [3.63, 3.8) is 0 Å². The molecule has 6 heteroatoms. The molecule has 2 aliphatic carbocycles. The van der Waals surface area contributed by atoms with Crippen LogP contribution in [0.15, 0.2) is 34.7 Å². The molecule has 0 unspecified atom stereocenters. The summed E-state index contributed by atoms with van der Waals surface area (Å²) >= 11 is 12.3. The monoisotopic (exact) mass is 377 g/mol. The number of hydrogen-bond acceptors (Lipinski definition) is 4. The molecule has 25 heavy (non-hydrogen) atoms. The number of allylic oxidation sites excluding steroid dienone is 4. The van der Waals surface area contributed by atoms with Crippen LogP contribution in [0.4, 0.5) is 0 Å². The Labute approximate surface area is 155 Å². The lowest BCUT2D eigenvalue weighted by Gasteiger charge is -2.37. The Kier molecular flexibility index (Phi) is 4.13. The van der Waals surface area contributed by atoms with Gasteiger partial charge in [-0.25, -0.2) is 0 Å². The first-order chi connectivity index (χ1) is 12.0. The summed E-state index contributed by atoms with van der Waals surface area (Å²) in [5, 5.41) is 14.4. The third-order valence-corrected chi connectivity index (χ3v) is 5.67. The van der Waals surface area contributed by atoms with Gasteiger partial charge in [-0.05, 0) is 37.8 Å². The molecule has 0 spiro atoms. The number of carbonyl (C=O) groups excluding carboxylic acids is 2. The largest absolute Gasteiger partial charge is 0.506 e. The summed E-state index contributed by atoms with van der Waals surface area (Å²) in [6.45, 7) is 0. The Morgan fingerprint density at radius 2 is 1.48 bits per heavy atom. The van der Waals surface area contributed by atoms with E-state index in [9.17, 15) is 14.7 Å². The van der Waals surface area contributed by atoms with Crippen LogP contribution in [0.3, 0.4) is 0 Å². The minimum absolute atomic E-state index is 0.0131. The highest BCUT2D eigenvalue weighted by Gasteiger charge is 2.41. The molecule has 2 N–H and O–H groups in total. The van der Waals surface area contributed by atoms with E-state index in [1.165, 1.54) is 6.07 Å². The van der Waals surface area contributed by atoms with Crippen LogP contribution in [0.25, 0.3) is 0 Å². The predicted octanol–water partition coefficient (Wildman–Crippen LogP) is 4.40. The van der Waals surface area contributed by atoms with Gasteiger partial charge in [0.2, 0.25) is 0 Å². The van der Waals surface area contributed by atoms with Gasteiger partial charge in [0, 0.05) is 51.9 Å². The van der Waals surface area contributed by atoms with Crippen molar-refractivity contribution >= 4 is 34.8 Å². The number of aromatic hydroxyl groups is 1. The second-order valence-electron chi connectivity index (χ2n) is 6.72. The maximum atomic E-state index is 12.7. The van der Waals surface area contributed by atoms with E-state index in [2.05, 4.69) is 5.32 Å². The molecule has 1 aromatic rings. The number of rotatable bonds is 1. The molecule has 1 aliphatic heterocycles. The van der Waals surface area contributed by atoms with Crippen LogP contribution < -0.4 is 5.32 Å². The molecule has 0 aromatic heterocycles. The van der Waals surface area contributed by atoms with Crippen molar-refractivity contribution in [3.05, 3.63) is 50.3 Å². The molecule has 0 bridgehead atoms. The Balaban J connectivity index is 1.98. The van der Waals surface area contributed by atoms with E-state index in [1.807, 2.05) is 0 Å². The van der Waals surface area contributed by atoms with E-state index in [1.54, 1.807) is 6.07 Å². The van der Waals surface area contributed by atoms with E-state index in [-0.39, 0.29) is 22.3 Å². The summed E-state index contributed by atoms with van der Waals surface area (Å²) in [6, 6.07) is 3.07. The average molecular weight is 378 g/mol. The van der Waals surface area contributed by atoms with Crippen LogP contribution >= 0.6 is 23.2 Å². The second kappa shape index (κ2) is 6.19. The number of Topliss-reactive ketones (excluding diaryl/α,β-unsaturated/α-hetero) is 2. The number of halogens is 2. The molecule has 4 nitrogen and oxygen atoms in total. The van der Waals surface area contributed by atoms with Gasteiger partial charge >= 0.3 is 0 Å². The fourth-order valence-corrected chi connectivity index (χ4v) is 4.61. The SMILES string of the molecule is O=C1CCCC2=C1C(c1cc(Cl)cc(Cl)c1O)C1=C(CCCC1=O)N2. The van der Waals surface area contributed by atoms with Gasteiger partial charge in [-0.1, -0.05) is 23.2 Å². The quantitative estimate of drug-likeness (QED) is 0.760. The molecular weight excluding hydrogens is 361 g/mol. The highest BCUT2D eigenvalue weighted by molar-refractivity contribution is 6.35. The lowest BCUT2D eigenvalue weighted by atomic mass is 9.71. The third kappa shape index (κ3) is 2.68. The van der Waals surface area contributed by atoms with Crippen LogP contribution in [0.5, 0.6) is 5.75 Å². The zero-order chi connectivity index (χ0) is 17.7. The summed E-state index contributed by atoms with van der Waals surface area (Å²) in [6.07, 6.45) is 3.99. The molecule has 0 radical (unpaired) electrons. The number of benzene rings is 1. The Bertz CT molecular complexity index is 828. The smallest absolute Gasteiger partial charge is 0.161 e. The fourth-order valence-electron chi connectivity index (χ4n) is 4.10. The summed E-state index contributed by atoms with van der Waals surface area (Å²) in [5.41, 5.74) is 3.32. The van der Waals surface area contributed by atoms with Gasteiger partial charge in [0.1, 0.15) is 5.75 Å². The number of phenolic OH excluding ortho intramolecular Hbond substituents is 1. The van der Waals surface area contributed by atoms with Crippen molar-refractivity contribution in [1.82, 2.24) is 5.32 Å². The molecule has 0 atom stereocenters. The number of dihydropyridines is 1. The number of ketones is 2. The number of nitrogens with one attached hydrogen (secondary N) is 1. The first-order valence-corrected chi connectivity index (χ1v) is 9.20. The van der Waals surface area contributed by atoms with E-state index >= 15 is 0 Å². The maximum absolute atomic E-state index is 12.7. The zero-order valence-electron chi connectivity index (χ0n) is 13.5. The molecular formula is C19H17Cl2NO3. The minimum atomic E-state index is -0.594. The second-order valence-corrected chi connectivity index (χ2v) is 7.57. The lowest BCUT2D eigenvalue weighted by molar-refractivity contribution is -0.116. The lowest BCUT2D eigenvalue weighted by Crippen LogP contribution is -2.36. The van der Waals surface area contributed by atoms with Gasteiger partial charge < -0.3 is 10.4 Å². The number of phenols is 1. The van der Waals surface area contributed by atoms with Crippen LogP contribution in [0.1, 0.15) is 50.0 Å². The molecule has 0 saturated heterocycles. The van der Waals surface area contributed by atoms with Gasteiger partial charge in [-0.2, -0.15) is 0 Å². The Morgan fingerprint density at radius 1 is 0.920 bits per heavy atom. The molecule has 3 aliphatic rings. The first kappa shape index (κ1) is 16.7. The summed E-state index contributed by atoms with van der Waals surface area (Å²) in [7, 11) is 0. The standard InChI is InChI=1S/C19H17Cl2NO3/c20-9-7-10(19(25)11(21)8-9)16-17-12(3-1-5-14(17)23)22-13-4-2-6-15(24)18(13)16/h7-8,16,22,25H,1-6H2. The van der Waals surface area contributed by atoms with Crippen molar-refractivity contribution in [3.8, 4) is 5.75 Å². The molecule has 0 amide bonds. The van der Waals surface area contributed by atoms with E-state index in [0.29, 0.717) is 34.6 Å². The van der Waals surface area contributed by atoms with Crippen molar-refractivity contribution in [2.75, 3.05) is 0 Å². The Morgan fingerprint density at radius 3 is 2.04 bits per heavy atom. The molecule has 0 fully saturated rings. The summed E-state index contributed by atoms with van der Waals surface area (Å²) < 4.78 is 0. The molecule has 4 rings (SSSR count). The van der Waals surface area contributed by atoms with Crippen molar-refractivity contribution in [1.29, 1.82) is 0 Å². The van der Waals surface area contributed by atoms with Crippen LogP contribution in [0.2, 0.25) is 10.0 Å². The van der Waals surface area contributed by atoms with Crippen molar-refractivity contribution < 1.29 is 14.7 Å². The van der Waals surface area contributed by atoms with Gasteiger partial charge in [0.25, 0.3) is 0 Å². The van der Waals surface area contributed by atoms with Gasteiger partial charge in [-0.15, -0.1) is 0 Å². The van der Waals surface area contributed by atoms with E-state index in [0.717, 1.165) is 37.1 Å². The van der Waals surface area contributed by atoms with E-state index < -0.39 is 5.92 Å². The van der Waals surface area contributed by atoms with Gasteiger partial charge in [-0.3, -0.25) is 9.59 Å². The molecule has 1 aromatic carbocycles. The Hall–Kier alpha value is -1.78. The number of hydrogen-bond donors (Lipinski definition) is 2. The van der Waals surface area contributed by atoms with Gasteiger partial charge in [0.05, 0.1) is 5.02 Å². The van der Waals surface area contributed by atoms with Crippen molar-refractivity contribution in [2.24, 2.45) is 0 Å². The fraction of sp³-hybridized carbons (Fsp3) is 0.368. The molecule has 1 heterocycles. The number of carbonyl (C=O) groups is 2. The minimum Gasteiger partial charge on any atom is -0.506 e. The molecule has 130 valence electrons. The highest BCUT2D eigenvalue weighted by atomic mass is 35.5. The first-order valence-electron chi connectivity index (χ1n) is 8.44. The average Bonchev–Trinajstić information content (AvgIpc) is 2.57. The summed E-state index contributed by atoms with van der Waals surface area (Å²) in [4.78, 5) is 25.4. The molecule has 0 saturated carbocycles. The van der Waals surface area contributed by atoms with Crippen molar-refractivity contribution in [2.45, 2.75) is 44.4 Å². The summed E-state index contributed by atoms with van der Waals surface area (Å²) in [5.74, 6) is -0.685. The van der Waals surface area contributed by atoms with Crippen LogP contribution in [-0.2, 0) is 9.59 Å². The zero-order valence-corrected chi connectivity index (χ0v) is 15.0. The van der Waals surface area contributed by atoms with Crippen LogP contribution in [0, 0.1) is 0 Å². The maximum Gasteiger partial charge on any atom is 0.161 e. The predicted molar refractivity (Wildman–Crippen MR) is 95.8 cm³/mol. The highest BCUT2D eigenvalue weighted by Crippen LogP contribution is 2.49. The van der Waals surface area contributed by atoms with Gasteiger partial charge in [0.15, 0.2) is 11.6 Å². The third-order valence-electron chi connectivity index (χ3n) is 5.16. The normalized spacial score (nSPS) is 21.2.